The topological polar surface area (TPSA) is 85.6 Å². The minimum atomic E-state index is -0.815. The van der Waals surface area contributed by atoms with Crippen LogP contribution in [0.4, 0.5) is 0 Å². The number of rotatable bonds is 3. The monoisotopic (exact) mass is 489 g/mol. The maximum absolute atomic E-state index is 13.8. The first-order chi connectivity index (χ1) is 17.1. The van der Waals surface area contributed by atoms with Crippen LogP contribution in [-0.4, -0.2) is 17.9 Å². The Morgan fingerprint density at radius 1 is 1.06 bits per heavy atom. The van der Waals surface area contributed by atoms with Crippen molar-refractivity contribution < 1.29 is 18.7 Å². The second-order valence-electron chi connectivity index (χ2n) is 11.5. The van der Waals surface area contributed by atoms with Gasteiger partial charge in [-0.15, -0.1) is 0 Å². The van der Waals surface area contributed by atoms with Crippen molar-refractivity contribution in [2.75, 3.05) is 0 Å². The zero-order valence-electron chi connectivity index (χ0n) is 21.7. The van der Waals surface area contributed by atoms with E-state index in [1.54, 1.807) is 12.1 Å². The Hall–Kier alpha value is -3.15. The Bertz CT molecular complexity index is 1350. The Morgan fingerprint density at radius 3 is 2.50 bits per heavy atom. The van der Waals surface area contributed by atoms with Crippen LogP contribution in [-0.2, 0) is 14.3 Å². The summed E-state index contributed by atoms with van der Waals surface area (Å²) in [6.07, 6.45) is 8.35. The van der Waals surface area contributed by atoms with Gasteiger partial charge in [-0.3, -0.25) is 9.59 Å². The predicted octanol–water partition coefficient (Wildman–Crippen LogP) is 5.97. The molecule has 5 rings (SSSR count). The molecule has 1 fully saturated rings. The number of allylic oxidation sites excluding steroid dienone is 3. The highest BCUT2D eigenvalue weighted by atomic mass is 16.5. The second-order valence-corrected chi connectivity index (χ2v) is 11.5. The number of ketones is 1. The predicted molar refractivity (Wildman–Crippen MR) is 138 cm³/mol. The molecule has 6 nitrogen and oxygen atoms in total. The lowest BCUT2D eigenvalue weighted by Crippen LogP contribution is -2.40. The number of carbonyl (C=O) groups is 2. The summed E-state index contributed by atoms with van der Waals surface area (Å²) >= 11 is 0. The number of fused-ring (bicyclic) bond motifs is 1. The molecule has 36 heavy (non-hydrogen) atoms. The molecule has 190 valence electrons. The van der Waals surface area contributed by atoms with E-state index in [-0.39, 0.29) is 22.7 Å². The summed E-state index contributed by atoms with van der Waals surface area (Å²) in [5.74, 6) is -1.32. The third-order valence-electron chi connectivity index (χ3n) is 7.80. The van der Waals surface area contributed by atoms with Gasteiger partial charge in [0.2, 0.25) is 0 Å². The zero-order valence-corrected chi connectivity index (χ0v) is 21.7. The Balaban J connectivity index is 1.64. The van der Waals surface area contributed by atoms with Gasteiger partial charge in [-0.05, 0) is 63.5 Å². The van der Waals surface area contributed by atoms with E-state index < -0.39 is 11.9 Å². The van der Waals surface area contributed by atoms with Crippen LogP contribution in [0.2, 0.25) is 0 Å². The number of dihydropyridines is 1. The summed E-state index contributed by atoms with van der Waals surface area (Å²) < 4.78 is 11.9. The molecule has 0 bridgehead atoms. The molecule has 1 aromatic carbocycles. The average Bonchev–Trinajstić information content (AvgIpc) is 3.06. The fourth-order valence-corrected chi connectivity index (χ4v) is 6.05. The smallest absolute Gasteiger partial charge is 0.337 e. The van der Waals surface area contributed by atoms with E-state index in [4.69, 9.17) is 9.15 Å². The van der Waals surface area contributed by atoms with Crippen LogP contribution < -0.4 is 10.7 Å². The molecule has 2 heterocycles. The lowest BCUT2D eigenvalue weighted by Gasteiger charge is -2.39. The van der Waals surface area contributed by atoms with Crippen molar-refractivity contribution in [1.29, 1.82) is 0 Å². The van der Waals surface area contributed by atoms with E-state index in [0.29, 0.717) is 46.2 Å². The molecular weight excluding hydrogens is 454 g/mol. The fourth-order valence-electron chi connectivity index (χ4n) is 6.05. The number of esters is 1. The third-order valence-corrected chi connectivity index (χ3v) is 7.80. The van der Waals surface area contributed by atoms with E-state index >= 15 is 0 Å². The summed E-state index contributed by atoms with van der Waals surface area (Å²) in [5, 5.41) is 3.81. The van der Waals surface area contributed by atoms with Crippen molar-refractivity contribution >= 4 is 22.7 Å². The van der Waals surface area contributed by atoms with Gasteiger partial charge >= 0.3 is 5.97 Å². The Morgan fingerprint density at radius 2 is 1.78 bits per heavy atom. The molecule has 3 aliphatic rings. The molecule has 0 radical (unpaired) electrons. The SMILES string of the molecule is CC1=C(C(=O)OC2CCCCCC2)C(c2coc3ccc(C)cc3c2=O)C2=C(CC(C)(C)CC2=O)N1. The summed E-state index contributed by atoms with van der Waals surface area (Å²) in [4.78, 5) is 41.1. The highest BCUT2D eigenvalue weighted by Gasteiger charge is 2.44. The number of carbonyl (C=O) groups excluding carboxylic acids is 2. The Kier molecular flexibility index (Phi) is 6.39. The summed E-state index contributed by atoms with van der Waals surface area (Å²) in [5.41, 5.74) is 3.55. The van der Waals surface area contributed by atoms with Crippen LogP contribution in [0.15, 0.2) is 56.2 Å². The molecule has 1 aliphatic heterocycles. The minimum Gasteiger partial charge on any atom is -0.464 e. The number of nitrogens with one attached hydrogen (secondary N) is 1. The van der Waals surface area contributed by atoms with E-state index in [9.17, 15) is 14.4 Å². The number of aryl methyl sites for hydroxylation is 1. The highest BCUT2D eigenvalue weighted by molar-refractivity contribution is 6.04. The Labute approximate surface area is 211 Å². The second kappa shape index (κ2) is 9.38. The van der Waals surface area contributed by atoms with Crippen LogP contribution in [0.25, 0.3) is 11.0 Å². The van der Waals surface area contributed by atoms with Crippen molar-refractivity contribution in [3.63, 3.8) is 0 Å². The van der Waals surface area contributed by atoms with Crippen LogP contribution >= 0.6 is 0 Å². The quantitative estimate of drug-likeness (QED) is 0.422. The number of benzene rings is 1. The van der Waals surface area contributed by atoms with E-state index in [2.05, 4.69) is 19.2 Å². The summed E-state index contributed by atoms with van der Waals surface area (Å²) in [7, 11) is 0. The largest absolute Gasteiger partial charge is 0.464 e. The summed E-state index contributed by atoms with van der Waals surface area (Å²) in [6.45, 7) is 7.88. The molecule has 1 saturated carbocycles. The van der Waals surface area contributed by atoms with Gasteiger partial charge in [-0.2, -0.15) is 0 Å². The molecular formula is C30H35NO5. The highest BCUT2D eigenvalue weighted by Crippen LogP contribution is 2.46. The van der Waals surface area contributed by atoms with Crippen LogP contribution in [0.3, 0.4) is 0 Å². The fraction of sp³-hybridized carbons (Fsp3) is 0.500. The number of ether oxygens (including phenoxy) is 1. The van der Waals surface area contributed by atoms with Gasteiger partial charge in [0.15, 0.2) is 11.2 Å². The molecule has 0 amide bonds. The molecule has 1 unspecified atom stereocenters. The molecule has 0 spiro atoms. The van der Waals surface area contributed by atoms with Crippen LogP contribution in [0.5, 0.6) is 0 Å². The van der Waals surface area contributed by atoms with Crippen molar-refractivity contribution in [3.8, 4) is 0 Å². The third kappa shape index (κ3) is 4.54. The van der Waals surface area contributed by atoms with E-state index in [1.807, 2.05) is 19.9 Å². The first-order valence-electron chi connectivity index (χ1n) is 13.1. The first kappa shape index (κ1) is 24.5. The molecule has 2 aliphatic carbocycles. The van der Waals surface area contributed by atoms with E-state index in [0.717, 1.165) is 49.8 Å². The minimum absolute atomic E-state index is 0.0465. The van der Waals surface area contributed by atoms with Crippen molar-refractivity contribution in [3.05, 3.63) is 68.4 Å². The molecule has 6 heteroatoms. The van der Waals surface area contributed by atoms with Gasteiger partial charge in [0.1, 0.15) is 11.7 Å². The normalized spacial score (nSPS) is 22.8. The van der Waals surface area contributed by atoms with Gasteiger partial charge < -0.3 is 14.5 Å². The molecule has 1 atom stereocenters. The number of hydrogen-bond acceptors (Lipinski definition) is 6. The maximum atomic E-state index is 13.8. The van der Waals surface area contributed by atoms with Crippen molar-refractivity contribution in [1.82, 2.24) is 5.32 Å². The average molecular weight is 490 g/mol. The van der Waals surface area contributed by atoms with Crippen LogP contribution in [0, 0.1) is 12.3 Å². The summed E-state index contributed by atoms with van der Waals surface area (Å²) in [6, 6.07) is 5.47. The number of hydrogen-bond donors (Lipinski definition) is 1. The molecule has 0 saturated heterocycles. The van der Waals surface area contributed by atoms with Gasteiger partial charge in [0.05, 0.1) is 23.1 Å². The van der Waals surface area contributed by atoms with Gasteiger partial charge in [-0.1, -0.05) is 38.3 Å². The van der Waals surface area contributed by atoms with Gasteiger partial charge in [-0.25, -0.2) is 4.79 Å². The maximum Gasteiger partial charge on any atom is 0.337 e. The first-order valence-corrected chi connectivity index (χ1v) is 13.1. The molecule has 1 aromatic heterocycles. The number of Topliss-reactive ketones (excluding diaryl/α,β-unsaturated/α-hetero) is 1. The van der Waals surface area contributed by atoms with Gasteiger partial charge in [0, 0.05) is 29.0 Å². The van der Waals surface area contributed by atoms with E-state index in [1.165, 1.54) is 6.26 Å². The van der Waals surface area contributed by atoms with Crippen molar-refractivity contribution in [2.45, 2.75) is 91.1 Å². The van der Waals surface area contributed by atoms with Crippen molar-refractivity contribution in [2.24, 2.45) is 5.41 Å². The standard InChI is InChI=1S/C30H35NO5/c1-17-11-12-24-20(13-17)28(33)21(16-35-24)26-25(29(34)36-19-9-7-5-6-8-10-19)18(2)31-22-14-30(3,4)15-23(32)27(22)26/h11-13,16,19,26,31H,5-10,14-15H2,1-4H3. The van der Waals surface area contributed by atoms with Crippen LogP contribution in [0.1, 0.15) is 89.2 Å². The van der Waals surface area contributed by atoms with Gasteiger partial charge in [0.25, 0.3) is 0 Å². The lowest BCUT2D eigenvalue weighted by atomic mass is 9.68. The lowest BCUT2D eigenvalue weighted by molar-refractivity contribution is -0.145. The zero-order chi connectivity index (χ0) is 25.6. The molecule has 2 aromatic rings. The molecule has 1 N–H and O–H groups in total.